The maximum atomic E-state index is 5.19. The van der Waals surface area contributed by atoms with E-state index in [1.807, 2.05) is 98.7 Å². The van der Waals surface area contributed by atoms with E-state index in [9.17, 15) is 0 Å². The monoisotopic (exact) mass is 649 g/mol. The van der Waals surface area contributed by atoms with Gasteiger partial charge in [-0.1, -0.05) is 0 Å². The molecule has 2 heterocycles. The first-order valence-corrected chi connectivity index (χ1v) is 10.8. The minimum Gasteiger partial charge on any atom is -0.497 e. The van der Waals surface area contributed by atoms with Crippen LogP contribution >= 0.6 is 0 Å². The van der Waals surface area contributed by atoms with E-state index in [4.69, 9.17) is 9.47 Å². The van der Waals surface area contributed by atoms with Gasteiger partial charge in [0.05, 0.1) is 14.2 Å². The fourth-order valence-electron chi connectivity index (χ4n) is 3.11. The average Bonchev–Trinajstić information content (AvgIpc) is 2.89. The van der Waals surface area contributed by atoms with Crippen LogP contribution in [-0.4, -0.2) is 52.4 Å². The number of benzene rings is 2. The van der Waals surface area contributed by atoms with Crippen molar-refractivity contribution in [2.75, 3.05) is 52.2 Å². The van der Waals surface area contributed by atoms with Gasteiger partial charge in [-0.3, -0.25) is 0 Å². The van der Waals surface area contributed by atoms with Crippen molar-refractivity contribution in [3.05, 3.63) is 85.2 Å². The van der Waals surface area contributed by atoms with E-state index >= 15 is 0 Å². The van der Waals surface area contributed by atoms with Gasteiger partial charge in [0, 0.05) is 40.6 Å². The summed E-state index contributed by atoms with van der Waals surface area (Å²) in [5.74, 6) is 1.61. The average molecular weight is 650 g/mol. The third-order valence-corrected chi connectivity index (χ3v) is 5.01. The van der Waals surface area contributed by atoms with Crippen LogP contribution in [0.3, 0.4) is 0 Å². The Hall–Kier alpha value is -3.37. The summed E-state index contributed by atoms with van der Waals surface area (Å²) in [6.07, 6.45) is 3.48. The third-order valence-electron chi connectivity index (χ3n) is 5.01. The fraction of sp³-hybridized carbons (Fsp3) is 0.214. The van der Waals surface area contributed by atoms with Crippen molar-refractivity contribution in [3.8, 4) is 34.0 Å². The van der Waals surface area contributed by atoms with Gasteiger partial charge < -0.3 is 29.2 Å². The van der Waals surface area contributed by atoms with E-state index in [0.717, 1.165) is 45.4 Å². The van der Waals surface area contributed by atoms with Gasteiger partial charge in [0.25, 0.3) is 0 Å². The van der Waals surface area contributed by atoms with E-state index < -0.39 is 0 Å². The number of pyridine rings is 2. The second kappa shape index (κ2) is 13.5. The van der Waals surface area contributed by atoms with Crippen LogP contribution in [-0.2, 0) is 21.1 Å². The van der Waals surface area contributed by atoms with Crippen LogP contribution in [0, 0.1) is 12.1 Å². The van der Waals surface area contributed by atoms with Gasteiger partial charge in [-0.05, 0) is 47.0 Å². The molecule has 0 saturated heterocycles. The summed E-state index contributed by atoms with van der Waals surface area (Å²) in [7, 11) is 11.3. The van der Waals surface area contributed by atoms with Gasteiger partial charge in [-0.25, -0.2) is 0 Å². The first kappa shape index (κ1) is 27.9. The molecule has 4 rings (SSSR count). The van der Waals surface area contributed by atoms with E-state index in [1.165, 1.54) is 0 Å². The SMILES string of the molecule is COc1ccnc(-c2[c-]c(N(C)C)ccc2)c1.COc1ccnc(-c2[c-]c(N(C)C)ccc2)c1.[Pt+2]. The number of ether oxygens (including phenoxy) is 2. The van der Waals surface area contributed by atoms with Gasteiger partial charge in [-0.2, -0.15) is 0 Å². The molecule has 0 saturated carbocycles. The Morgan fingerprint density at radius 2 is 1.03 bits per heavy atom. The summed E-state index contributed by atoms with van der Waals surface area (Å²) in [6, 6.07) is 26.1. The molecule has 0 radical (unpaired) electrons. The van der Waals surface area contributed by atoms with E-state index in [2.05, 4.69) is 22.1 Å². The quantitative estimate of drug-likeness (QED) is 0.267. The Morgan fingerprint density at radius 1 is 0.629 bits per heavy atom. The van der Waals surface area contributed by atoms with Crippen molar-refractivity contribution in [1.82, 2.24) is 9.97 Å². The van der Waals surface area contributed by atoms with Gasteiger partial charge in [0.15, 0.2) is 0 Å². The number of hydrogen-bond donors (Lipinski definition) is 0. The molecule has 6 nitrogen and oxygen atoms in total. The molecule has 2 aromatic carbocycles. The van der Waals surface area contributed by atoms with Crippen molar-refractivity contribution in [1.29, 1.82) is 0 Å². The molecule has 0 amide bonds. The number of nitrogens with zero attached hydrogens (tertiary/aromatic N) is 4. The van der Waals surface area contributed by atoms with E-state index in [1.54, 1.807) is 26.6 Å². The second-order valence-electron chi connectivity index (χ2n) is 7.85. The van der Waals surface area contributed by atoms with Gasteiger partial charge in [0.1, 0.15) is 11.5 Å². The summed E-state index contributed by atoms with van der Waals surface area (Å²) in [5.41, 5.74) is 5.74. The molecule has 0 aliphatic heterocycles. The van der Waals surface area contributed by atoms with Gasteiger partial charge >= 0.3 is 21.1 Å². The van der Waals surface area contributed by atoms with Crippen LogP contribution in [0.15, 0.2) is 73.1 Å². The Kier molecular flexibility index (Phi) is 10.7. The minimum absolute atomic E-state index is 0. The van der Waals surface area contributed by atoms with Crippen LogP contribution < -0.4 is 19.3 Å². The van der Waals surface area contributed by atoms with Crippen LogP contribution in [0.5, 0.6) is 11.5 Å². The fourth-order valence-corrected chi connectivity index (χ4v) is 3.11. The predicted molar refractivity (Wildman–Crippen MR) is 139 cm³/mol. The molecule has 0 atom stereocenters. The van der Waals surface area contributed by atoms with Crippen LogP contribution in [0.4, 0.5) is 11.4 Å². The molecular formula is C28H30N4O2Pt. The molecule has 0 aliphatic carbocycles. The largest absolute Gasteiger partial charge is 2.00 e. The van der Waals surface area contributed by atoms with Crippen molar-refractivity contribution in [2.45, 2.75) is 0 Å². The van der Waals surface area contributed by atoms with Gasteiger partial charge in [-0.15, -0.1) is 59.7 Å². The summed E-state index contributed by atoms with van der Waals surface area (Å²) in [4.78, 5) is 12.7. The molecule has 7 heteroatoms. The molecule has 0 bridgehead atoms. The number of aromatic nitrogens is 2. The smallest absolute Gasteiger partial charge is 0.497 e. The predicted octanol–water partition coefficient (Wildman–Crippen LogP) is 5.24. The molecule has 0 N–H and O–H groups in total. The van der Waals surface area contributed by atoms with E-state index in [0.29, 0.717) is 0 Å². The molecule has 0 fully saturated rings. The molecule has 184 valence electrons. The van der Waals surface area contributed by atoms with Crippen molar-refractivity contribution >= 4 is 11.4 Å². The minimum atomic E-state index is 0. The molecule has 2 aromatic heterocycles. The number of anilines is 2. The van der Waals surface area contributed by atoms with Gasteiger partial charge in [0.2, 0.25) is 0 Å². The maximum Gasteiger partial charge on any atom is 2.00 e. The molecule has 35 heavy (non-hydrogen) atoms. The molecular weight excluding hydrogens is 619 g/mol. The second-order valence-corrected chi connectivity index (χ2v) is 7.85. The molecule has 0 aliphatic rings. The summed E-state index contributed by atoms with van der Waals surface area (Å²) < 4.78 is 10.4. The Balaban J connectivity index is 0.000000240. The first-order chi connectivity index (χ1) is 16.4. The van der Waals surface area contributed by atoms with Crippen molar-refractivity contribution in [3.63, 3.8) is 0 Å². The molecule has 0 spiro atoms. The Morgan fingerprint density at radius 3 is 1.37 bits per heavy atom. The van der Waals surface area contributed by atoms with Crippen LogP contribution in [0.1, 0.15) is 0 Å². The zero-order valence-corrected chi connectivity index (χ0v) is 23.1. The molecule has 0 unspecified atom stereocenters. The Bertz CT molecular complexity index is 1120. The normalized spacial score (nSPS) is 9.77. The number of rotatable bonds is 6. The number of methoxy groups -OCH3 is 2. The van der Waals surface area contributed by atoms with Crippen molar-refractivity contribution < 1.29 is 30.5 Å². The third kappa shape index (κ3) is 7.83. The number of hydrogen-bond acceptors (Lipinski definition) is 6. The zero-order valence-electron chi connectivity index (χ0n) is 20.8. The Labute approximate surface area is 222 Å². The summed E-state index contributed by atoms with van der Waals surface area (Å²) in [6.45, 7) is 0. The van der Waals surface area contributed by atoms with Crippen LogP contribution in [0.25, 0.3) is 22.5 Å². The summed E-state index contributed by atoms with van der Waals surface area (Å²) in [5, 5.41) is 0. The van der Waals surface area contributed by atoms with Crippen molar-refractivity contribution in [2.24, 2.45) is 0 Å². The van der Waals surface area contributed by atoms with E-state index in [-0.39, 0.29) is 21.1 Å². The molecule has 4 aromatic rings. The standard InChI is InChI=1S/2C14H15N2O.Pt/c2*1-16(2)12-6-4-5-11(9-12)14-10-13(17-3)7-8-15-14;/h2*4-8,10H,1-3H3;/q2*-1;+2. The first-order valence-electron chi connectivity index (χ1n) is 10.8. The van der Waals surface area contributed by atoms with Crippen LogP contribution in [0.2, 0.25) is 0 Å². The summed E-state index contributed by atoms with van der Waals surface area (Å²) >= 11 is 0. The maximum absolute atomic E-state index is 5.19. The topological polar surface area (TPSA) is 50.7 Å². The zero-order chi connectivity index (χ0) is 24.5.